The van der Waals surface area contributed by atoms with Crippen molar-refractivity contribution in [1.29, 1.82) is 0 Å². The van der Waals surface area contributed by atoms with Crippen molar-refractivity contribution in [3.8, 4) is 0 Å². The molecular weight excluding hydrogens is 112 g/mol. The summed E-state index contributed by atoms with van der Waals surface area (Å²) in [7, 11) is 3.12. The highest BCUT2D eigenvalue weighted by molar-refractivity contribution is 5.63. The van der Waals surface area contributed by atoms with E-state index in [-0.39, 0.29) is 0 Å². The number of hydrogen-bond acceptors (Lipinski definition) is 4. The van der Waals surface area contributed by atoms with Crippen LogP contribution in [-0.2, 0) is 9.88 Å². The maximum atomic E-state index is 9.75. The molecule has 5 heteroatoms. The van der Waals surface area contributed by atoms with Gasteiger partial charge < -0.3 is 5.73 Å². The van der Waals surface area contributed by atoms with Gasteiger partial charge in [0.1, 0.15) is 0 Å². The van der Waals surface area contributed by atoms with Crippen LogP contribution in [0.5, 0.6) is 0 Å². The summed E-state index contributed by atoms with van der Waals surface area (Å²) < 4.78 is 0. The van der Waals surface area contributed by atoms with Crippen LogP contribution in [0.1, 0.15) is 0 Å². The molecule has 0 atom stereocenters. The Labute approximate surface area is 46.8 Å². The second-order valence-electron chi connectivity index (χ2n) is 1.29. The van der Waals surface area contributed by atoms with E-state index in [0.29, 0.717) is 0 Å². The second kappa shape index (κ2) is 3.23. The van der Waals surface area contributed by atoms with Crippen LogP contribution in [0.25, 0.3) is 0 Å². The Morgan fingerprint density at radius 3 is 2.25 bits per heavy atom. The van der Waals surface area contributed by atoms with E-state index in [4.69, 9.17) is 0 Å². The van der Waals surface area contributed by atoms with Crippen LogP contribution in [0, 0.1) is 0 Å². The molecule has 0 aromatic rings. The first-order valence-electron chi connectivity index (χ1n) is 1.94. The Hall–Kier alpha value is -0.810. The molecule has 0 aliphatic rings. The van der Waals surface area contributed by atoms with Gasteiger partial charge in [-0.3, -0.25) is 4.89 Å². The summed E-state index contributed by atoms with van der Waals surface area (Å²) in [5.41, 5.74) is 4.53. The summed E-state index contributed by atoms with van der Waals surface area (Å²) in [6.45, 7) is 0. The lowest BCUT2D eigenvalue weighted by Gasteiger charge is -2.04. The normalized spacial score (nSPS) is 9.38. The van der Waals surface area contributed by atoms with Crippen LogP contribution in [0.15, 0.2) is 0 Å². The fourth-order valence-electron chi connectivity index (χ4n) is 0.111. The van der Waals surface area contributed by atoms with Crippen LogP contribution < -0.4 is 5.73 Å². The molecule has 0 rings (SSSR count). The van der Waals surface area contributed by atoms with Gasteiger partial charge in [-0.25, -0.2) is 4.79 Å². The van der Waals surface area contributed by atoms with Crippen molar-refractivity contribution in [2.45, 2.75) is 0 Å². The van der Waals surface area contributed by atoms with Gasteiger partial charge >= 0.3 is 6.09 Å². The van der Waals surface area contributed by atoms with Gasteiger partial charge in [0, 0.05) is 14.1 Å². The molecule has 8 heavy (non-hydrogen) atoms. The topological polar surface area (TPSA) is 64.8 Å². The molecule has 48 valence electrons. The summed E-state index contributed by atoms with van der Waals surface area (Å²) >= 11 is 0. The van der Waals surface area contributed by atoms with Crippen molar-refractivity contribution < 1.29 is 14.7 Å². The van der Waals surface area contributed by atoms with Gasteiger partial charge in [-0.2, -0.15) is 5.06 Å². The third-order valence-electron chi connectivity index (χ3n) is 0.268. The highest BCUT2D eigenvalue weighted by Gasteiger charge is 1.93. The number of nitrogens with two attached hydrogens (primary N) is 1. The zero-order valence-corrected chi connectivity index (χ0v) is 4.75. The zero-order chi connectivity index (χ0) is 6.57. The van der Waals surface area contributed by atoms with Gasteiger partial charge in [-0.05, 0) is 0 Å². The van der Waals surface area contributed by atoms with Gasteiger partial charge in [0.25, 0.3) is 0 Å². The number of carbonyl (C=O) groups excluding carboxylic acids is 1. The van der Waals surface area contributed by atoms with E-state index in [1.54, 1.807) is 14.1 Å². The predicted molar refractivity (Wildman–Crippen MR) is 25.4 cm³/mol. The standard InChI is InChI=1S/C3H8N2O3/c1-5(2)8-7-3(4)6/h1-2H3,(H2,4,6). The van der Waals surface area contributed by atoms with Crippen molar-refractivity contribution in [3.63, 3.8) is 0 Å². The lowest BCUT2D eigenvalue weighted by Crippen LogP contribution is -2.20. The number of hydroxylamine groups is 2. The molecule has 0 fully saturated rings. The van der Waals surface area contributed by atoms with Crippen LogP contribution in [-0.4, -0.2) is 25.3 Å². The average Bonchev–Trinajstić information content (AvgIpc) is 1.61. The summed E-state index contributed by atoms with van der Waals surface area (Å²) in [6.07, 6.45) is -0.960. The molecule has 0 aromatic carbocycles. The van der Waals surface area contributed by atoms with E-state index < -0.39 is 6.09 Å². The van der Waals surface area contributed by atoms with E-state index in [1.165, 1.54) is 5.06 Å². The lowest BCUT2D eigenvalue weighted by atomic mass is 11.2. The minimum absolute atomic E-state index is 0.960. The number of primary amides is 1. The highest BCUT2D eigenvalue weighted by Crippen LogP contribution is 1.78. The molecule has 0 aliphatic heterocycles. The quantitative estimate of drug-likeness (QED) is 0.393. The molecule has 0 saturated carbocycles. The number of amides is 1. The van der Waals surface area contributed by atoms with E-state index >= 15 is 0 Å². The summed E-state index contributed by atoms with van der Waals surface area (Å²) in [6, 6.07) is 0. The maximum absolute atomic E-state index is 9.75. The minimum Gasteiger partial charge on any atom is -0.333 e. The first-order chi connectivity index (χ1) is 3.63. The van der Waals surface area contributed by atoms with E-state index in [0.717, 1.165) is 0 Å². The number of nitrogens with zero attached hydrogens (tertiary/aromatic N) is 1. The van der Waals surface area contributed by atoms with Crippen LogP contribution in [0.2, 0.25) is 0 Å². The van der Waals surface area contributed by atoms with Gasteiger partial charge in [0.05, 0.1) is 0 Å². The summed E-state index contributed by atoms with van der Waals surface area (Å²) in [5.74, 6) is 0. The first kappa shape index (κ1) is 7.19. The molecule has 5 nitrogen and oxygen atoms in total. The molecule has 1 amide bonds. The van der Waals surface area contributed by atoms with E-state index in [1.807, 2.05) is 0 Å². The average molecular weight is 120 g/mol. The number of carbonyl (C=O) groups is 1. The molecule has 0 radical (unpaired) electrons. The van der Waals surface area contributed by atoms with Crippen molar-refractivity contribution in [2.24, 2.45) is 5.73 Å². The first-order valence-corrected chi connectivity index (χ1v) is 1.94. The molecule has 0 unspecified atom stereocenters. The van der Waals surface area contributed by atoms with Crippen molar-refractivity contribution in [2.75, 3.05) is 14.1 Å². The Morgan fingerprint density at radius 2 is 2.12 bits per heavy atom. The van der Waals surface area contributed by atoms with Gasteiger partial charge in [-0.15, -0.1) is 0 Å². The molecule has 0 bridgehead atoms. The Balaban J connectivity index is 3.05. The van der Waals surface area contributed by atoms with Crippen LogP contribution in [0.4, 0.5) is 4.79 Å². The Kier molecular flexibility index (Phi) is 2.90. The number of rotatable bonds is 2. The zero-order valence-electron chi connectivity index (χ0n) is 4.75. The summed E-state index contributed by atoms with van der Waals surface area (Å²) in [4.78, 5) is 17.8. The predicted octanol–water partition coefficient (Wildman–Crippen LogP) is -0.510. The fraction of sp³-hybridized carbons (Fsp3) is 0.667. The van der Waals surface area contributed by atoms with Crippen molar-refractivity contribution >= 4 is 6.09 Å². The molecule has 2 N–H and O–H groups in total. The Morgan fingerprint density at radius 1 is 1.62 bits per heavy atom. The largest absolute Gasteiger partial charge is 0.438 e. The maximum Gasteiger partial charge on any atom is 0.438 e. The second-order valence-corrected chi connectivity index (χ2v) is 1.29. The van der Waals surface area contributed by atoms with E-state index in [2.05, 4.69) is 15.6 Å². The molecular formula is C3H8N2O3. The molecule has 0 heterocycles. The lowest BCUT2D eigenvalue weighted by molar-refractivity contribution is -0.369. The SMILES string of the molecule is CN(C)OOC(N)=O. The number of hydrogen-bond donors (Lipinski definition) is 1. The third kappa shape index (κ3) is 5.19. The smallest absolute Gasteiger partial charge is 0.333 e. The Bertz CT molecular complexity index is 82.6. The van der Waals surface area contributed by atoms with Gasteiger partial charge in [-0.1, -0.05) is 4.99 Å². The van der Waals surface area contributed by atoms with Gasteiger partial charge in [0.2, 0.25) is 0 Å². The van der Waals surface area contributed by atoms with Crippen LogP contribution >= 0.6 is 0 Å². The molecule has 0 aromatic heterocycles. The minimum atomic E-state index is -0.960. The molecule has 0 aliphatic carbocycles. The third-order valence-corrected chi connectivity index (χ3v) is 0.268. The van der Waals surface area contributed by atoms with Gasteiger partial charge in [0.15, 0.2) is 0 Å². The van der Waals surface area contributed by atoms with Crippen LogP contribution in [0.3, 0.4) is 0 Å². The monoisotopic (exact) mass is 120 g/mol. The highest BCUT2D eigenvalue weighted by atomic mass is 17.3. The van der Waals surface area contributed by atoms with Crippen molar-refractivity contribution in [1.82, 2.24) is 5.06 Å². The molecule has 0 spiro atoms. The van der Waals surface area contributed by atoms with E-state index in [9.17, 15) is 4.79 Å². The molecule has 0 saturated heterocycles. The fourth-order valence-corrected chi connectivity index (χ4v) is 0.111. The summed E-state index contributed by atoms with van der Waals surface area (Å²) in [5, 5.41) is 1.20. The van der Waals surface area contributed by atoms with Crippen molar-refractivity contribution in [3.05, 3.63) is 0 Å².